The molecule has 1 aliphatic heterocycles. The number of nitrogens with zero attached hydrogens (tertiary/aromatic N) is 2. The van der Waals surface area contributed by atoms with Crippen LogP contribution in [0.15, 0.2) is 66.9 Å². The molecule has 33 heavy (non-hydrogen) atoms. The molecule has 0 bridgehead atoms. The summed E-state index contributed by atoms with van der Waals surface area (Å²) in [6.45, 7) is 5.76. The molecule has 3 aromatic rings. The Morgan fingerprint density at radius 3 is 2.55 bits per heavy atom. The van der Waals surface area contributed by atoms with Crippen LogP contribution in [0.25, 0.3) is 0 Å². The van der Waals surface area contributed by atoms with E-state index in [1.165, 1.54) is 0 Å². The van der Waals surface area contributed by atoms with Crippen molar-refractivity contribution in [2.24, 2.45) is 0 Å². The van der Waals surface area contributed by atoms with E-state index >= 15 is 0 Å². The topological polar surface area (TPSA) is 114 Å². The summed E-state index contributed by atoms with van der Waals surface area (Å²) >= 11 is 0. The molecule has 0 atom stereocenters. The highest BCUT2D eigenvalue weighted by Gasteiger charge is 2.28. The molecule has 0 spiro atoms. The highest BCUT2D eigenvalue weighted by molar-refractivity contribution is 6.30. The van der Waals surface area contributed by atoms with E-state index < -0.39 is 11.7 Å². The molecule has 8 heteroatoms. The van der Waals surface area contributed by atoms with E-state index in [1.54, 1.807) is 17.2 Å². The van der Waals surface area contributed by atoms with Crippen molar-refractivity contribution in [3.05, 3.63) is 83.6 Å². The van der Waals surface area contributed by atoms with Crippen molar-refractivity contribution in [2.75, 3.05) is 10.2 Å². The van der Waals surface area contributed by atoms with E-state index in [-0.39, 0.29) is 11.7 Å². The summed E-state index contributed by atoms with van der Waals surface area (Å²) in [4.78, 5) is 17.9. The second-order valence-electron chi connectivity index (χ2n) is 8.63. The molecule has 4 rings (SSSR count). The molecule has 4 N–H and O–H groups in total. The molecule has 1 aromatic heterocycles. The van der Waals surface area contributed by atoms with Crippen molar-refractivity contribution in [1.29, 1.82) is 10.8 Å². The number of hydrogen-bond donors (Lipinski definition) is 4. The maximum atomic E-state index is 11.9. The minimum atomic E-state index is -0.556. The quantitative estimate of drug-likeness (QED) is 0.336. The third-order valence-corrected chi connectivity index (χ3v) is 4.97. The fourth-order valence-electron chi connectivity index (χ4n) is 3.47. The van der Waals surface area contributed by atoms with Gasteiger partial charge in [-0.1, -0.05) is 36.4 Å². The van der Waals surface area contributed by atoms with E-state index in [4.69, 9.17) is 15.6 Å². The van der Waals surface area contributed by atoms with Gasteiger partial charge in [0.05, 0.1) is 11.4 Å². The summed E-state index contributed by atoms with van der Waals surface area (Å²) in [5, 5.41) is 23.8. The Labute approximate surface area is 192 Å². The van der Waals surface area contributed by atoms with Crippen LogP contribution >= 0.6 is 0 Å². The number of rotatable bonds is 3. The van der Waals surface area contributed by atoms with Gasteiger partial charge in [0.2, 0.25) is 0 Å². The predicted molar refractivity (Wildman–Crippen MR) is 130 cm³/mol. The van der Waals surface area contributed by atoms with E-state index in [0.717, 1.165) is 11.3 Å². The number of anilines is 3. The second kappa shape index (κ2) is 8.74. The van der Waals surface area contributed by atoms with Crippen LogP contribution in [0.4, 0.5) is 22.0 Å². The fraction of sp³-hybridized carbons (Fsp3) is 0.200. The second-order valence-corrected chi connectivity index (χ2v) is 8.63. The van der Waals surface area contributed by atoms with Gasteiger partial charge >= 0.3 is 6.09 Å². The lowest BCUT2D eigenvalue weighted by Gasteiger charge is -2.25. The van der Waals surface area contributed by atoms with Crippen LogP contribution in [-0.4, -0.2) is 28.3 Å². The molecule has 1 amide bonds. The molecule has 1 aliphatic rings. The zero-order valence-electron chi connectivity index (χ0n) is 18.8. The van der Waals surface area contributed by atoms with E-state index in [2.05, 4.69) is 15.6 Å². The zero-order valence-corrected chi connectivity index (χ0v) is 18.8. The van der Waals surface area contributed by atoms with Crippen molar-refractivity contribution < 1.29 is 9.53 Å². The van der Waals surface area contributed by atoms with Crippen LogP contribution in [0.2, 0.25) is 0 Å². The van der Waals surface area contributed by atoms with Gasteiger partial charge in [0, 0.05) is 23.9 Å². The van der Waals surface area contributed by atoms with Crippen LogP contribution in [0, 0.1) is 10.8 Å². The predicted octanol–water partition coefficient (Wildman–Crippen LogP) is 5.02. The number of pyridine rings is 1. The van der Waals surface area contributed by atoms with Crippen LogP contribution in [0.1, 0.15) is 37.5 Å². The average molecular weight is 443 g/mol. The highest BCUT2D eigenvalue weighted by Crippen LogP contribution is 2.34. The summed E-state index contributed by atoms with van der Waals surface area (Å²) in [6.07, 6.45) is 1.20. The fourth-order valence-corrected chi connectivity index (χ4v) is 3.47. The van der Waals surface area contributed by atoms with Gasteiger partial charge in [-0.25, -0.2) is 9.78 Å². The van der Waals surface area contributed by atoms with Crippen molar-refractivity contribution in [3.63, 3.8) is 0 Å². The molecule has 0 saturated heterocycles. The number of ether oxygens (including phenoxy) is 1. The number of alkyl carbamates (subject to hydrolysis) is 1. The Hall–Kier alpha value is -4.20. The number of amidine groups is 2. The van der Waals surface area contributed by atoms with E-state index in [9.17, 15) is 4.79 Å². The molecular weight excluding hydrogens is 416 g/mol. The molecule has 0 unspecified atom stereocenters. The zero-order chi connectivity index (χ0) is 23.6. The van der Waals surface area contributed by atoms with E-state index in [0.29, 0.717) is 29.2 Å². The lowest BCUT2D eigenvalue weighted by Crippen LogP contribution is -2.36. The maximum absolute atomic E-state index is 11.9. The minimum Gasteiger partial charge on any atom is -0.444 e. The van der Waals surface area contributed by atoms with Gasteiger partial charge in [-0.05, 0) is 50.6 Å². The lowest BCUT2D eigenvalue weighted by atomic mass is 10.1. The monoisotopic (exact) mass is 442 g/mol. The molecule has 2 heterocycles. The molecule has 0 radical (unpaired) electrons. The van der Waals surface area contributed by atoms with Gasteiger partial charge in [0.15, 0.2) is 5.82 Å². The van der Waals surface area contributed by atoms with Gasteiger partial charge in [-0.3, -0.25) is 15.7 Å². The molecule has 168 valence electrons. The Kier molecular flexibility index (Phi) is 5.83. The number of fused-ring (bicyclic) bond motifs is 2. The molecule has 2 aromatic carbocycles. The Morgan fingerprint density at radius 2 is 1.82 bits per heavy atom. The van der Waals surface area contributed by atoms with E-state index in [1.807, 2.05) is 75.4 Å². The normalized spacial score (nSPS) is 12.7. The van der Waals surface area contributed by atoms with Crippen molar-refractivity contribution in [3.8, 4) is 0 Å². The van der Waals surface area contributed by atoms with Gasteiger partial charge in [0.25, 0.3) is 0 Å². The average Bonchev–Trinajstić information content (AvgIpc) is 2.90. The SMILES string of the molecule is CC(C)(C)OC(=O)NCc1ccc(C(=N)N2C(=N)c3ccccc3Nc3ncccc32)cc1. The first kappa shape index (κ1) is 22.0. The summed E-state index contributed by atoms with van der Waals surface area (Å²) in [5.74, 6) is 0.917. The maximum Gasteiger partial charge on any atom is 0.407 e. The van der Waals surface area contributed by atoms with Gasteiger partial charge in [-0.2, -0.15) is 0 Å². The minimum absolute atomic E-state index is 0.152. The van der Waals surface area contributed by atoms with Crippen molar-refractivity contribution >= 4 is 35.0 Å². The summed E-state index contributed by atoms with van der Waals surface area (Å²) < 4.78 is 5.26. The summed E-state index contributed by atoms with van der Waals surface area (Å²) in [7, 11) is 0. The number of benzene rings is 2. The Balaban J connectivity index is 1.57. The third-order valence-electron chi connectivity index (χ3n) is 4.97. The largest absolute Gasteiger partial charge is 0.444 e. The van der Waals surface area contributed by atoms with Crippen molar-refractivity contribution in [1.82, 2.24) is 10.3 Å². The first-order valence-corrected chi connectivity index (χ1v) is 10.6. The van der Waals surface area contributed by atoms with Crippen molar-refractivity contribution in [2.45, 2.75) is 32.9 Å². The number of para-hydroxylation sites is 1. The molecule has 8 nitrogen and oxygen atoms in total. The first-order valence-electron chi connectivity index (χ1n) is 10.6. The van der Waals surface area contributed by atoms with Gasteiger partial charge in [0.1, 0.15) is 17.3 Å². The highest BCUT2D eigenvalue weighted by atomic mass is 16.6. The number of aromatic nitrogens is 1. The smallest absolute Gasteiger partial charge is 0.407 e. The lowest BCUT2D eigenvalue weighted by molar-refractivity contribution is 0.0523. The number of hydrogen-bond acceptors (Lipinski definition) is 6. The third kappa shape index (κ3) is 4.85. The summed E-state index contributed by atoms with van der Waals surface area (Å²) in [5.41, 5.74) is 3.02. The van der Waals surface area contributed by atoms with Crippen LogP contribution < -0.4 is 15.5 Å². The number of amides is 1. The molecule has 0 aliphatic carbocycles. The van der Waals surface area contributed by atoms with Crippen LogP contribution in [0.3, 0.4) is 0 Å². The van der Waals surface area contributed by atoms with Gasteiger partial charge < -0.3 is 15.4 Å². The Morgan fingerprint density at radius 1 is 1.09 bits per heavy atom. The Bertz CT molecular complexity index is 1210. The first-order chi connectivity index (χ1) is 15.7. The van der Waals surface area contributed by atoms with Gasteiger partial charge in [-0.15, -0.1) is 0 Å². The molecule has 0 fully saturated rings. The number of carbonyl (C=O) groups is 1. The molecule has 0 saturated carbocycles. The standard InChI is InChI=1S/C25H26N6O2/c1-25(2,3)33-24(32)29-15-16-10-12-17(13-11-16)21(26)31-20-9-6-14-28-23(20)30-19-8-5-4-7-18(19)22(31)27/h4-14,26-27H,15H2,1-3H3,(H,28,30)(H,29,32). The number of carbonyl (C=O) groups excluding carboxylic acids is 1. The van der Waals surface area contributed by atoms with Crippen LogP contribution in [0.5, 0.6) is 0 Å². The van der Waals surface area contributed by atoms with Crippen LogP contribution in [-0.2, 0) is 11.3 Å². The molecular formula is C25H26N6O2. The summed E-state index contributed by atoms with van der Waals surface area (Å²) in [6, 6.07) is 18.4. The number of nitrogens with one attached hydrogen (secondary N) is 4.